The number of rotatable bonds is 7. The number of hydrogen-bond donors (Lipinski definition) is 1. The van der Waals surface area contributed by atoms with E-state index in [1.807, 2.05) is 12.3 Å². The summed E-state index contributed by atoms with van der Waals surface area (Å²) < 4.78 is 0. The minimum atomic E-state index is 0.334. The Kier molecular flexibility index (Phi) is 6.09. The van der Waals surface area contributed by atoms with Crippen molar-refractivity contribution in [2.45, 2.75) is 30.7 Å². The molecule has 0 aliphatic rings. The smallest absolute Gasteiger partial charge is 0.0422 e. The molecule has 0 fully saturated rings. The molecular formula is C17H22N2S. The number of nitrogens with zero attached hydrogens (tertiary/aromatic N) is 1. The number of aromatic nitrogens is 1. The molecule has 0 aliphatic heterocycles. The number of hydrogen-bond acceptors (Lipinski definition) is 3. The van der Waals surface area contributed by atoms with Crippen LogP contribution in [-0.2, 0) is 6.42 Å². The van der Waals surface area contributed by atoms with Crippen molar-refractivity contribution in [3.05, 3.63) is 59.9 Å². The summed E-state index contributed by atoms with van der Waals surface area (Å²) in [5.41, 5.74) is 2.47. The van der Waals surface area contributed by atoms with Crippen LogP contribution in [0.4, 0.5) is 0 Å². The molecule has 0 spiro atoms. The van der Waals surface area contributed by atoms with Gasteiger partial charge in [-0.3, -0.25) is 4.98 Å². The van der Waals surface area contributed by atoms with Crippen LogP contribution in [0.1, 0.15) is 30.6 Å². The average molecular weight is 286 g/mol. The van der Waals surface area contributed by atoms with Crippen LogP contribution in [0.5, 0.6) is 0 Å². The lowest BCUT2D eigenvalue weighted by Gasteiger charge is -2.19. The molecule has 0 aliphatic carbocycles. The van der Waals surface area contributed by atoms with E-state index in [1.165, 1.54) is 10.5 Å². The average Bonchev–Trinajstić information content (AvgIpc) is 2.52. The summed E-state index contributed by atoms with van der Waals surface area (Å²) >= 11 is 1.78. The maximum Gasteiger partial charge on any atom is 0.0422 e. The zero-order valence-electron chi connectivity index (χ0n) is 12.2. The maximum atomic E-state index is 4.44. The quantitative estimate of drug-likeness (QED) is 0.776. The molecule has 0 saturated heterocycles. The van der Waals surface area contributed by atoms with Gasteiger partial charge >= 0.3 is 0 Å². The highest BCUT2D eigenvalue weighted by atomic mass is 32.2. The summed E-state index contributed by atoms with van der Waals surface area (Å²) in [4.78, 5) is 5.75. The zero-order chi connectivity index (χ0) is 14.2. The molecule has 2 rings (SSSR count). The first-order chi connectivity index (χ1) is 9.83. The van der Waals surface area contributed by atoms with Gasteiger partial charge in [-0.1, -0.05) is 25.1 Å². The molecule has 0 amide bonds. The number of benzene rings is 1. The van der Waals surface area contributed by atoms with Gasteiger partial charge in [0, 0.05) is 29.2 Å². The van der Waals surface area contributed by atoms with Crippen molar-refractivity contribution in [1.29, 1.82) is 0 Å². The van der Waals surface area contributed by atoms with E-state index in [4.69, 9.17) is 0 Å². The Hall–Kier alpha value is -1.32. The van der Waals surface area contributed by atoms with Crippen molar-refractivity contribution in [2.75, 3.05) is 12.8 Å². The molecule has 0 bridgehead atoms. The fourth-order valence-corrected chi connectivity index (χ4v) is 2.60. The van der Waals surface area contributed by atoms with E-state index in [0.29, 0.717) is 6.04 Å². The lowest BCUT2D eigenvalue weighted by molar-refractivity contribution is 0.524. The standard InChI is InChI=1S/C17H22N2S/c1-3-11-19-17(13-15-6-4-5-12-18-15)14-7-9-16(20-2)10-8-14/h4-10,12,17,19H,3,11,13H2,1-2H3. The molecule has 2 aromatic rings. The lowest BCUT2D eigenvalue weighted by Crippen LogP contribution is -2.24. The molecule has 1 N–H and O–H groups in total. The SMILES string of the molecule is CCCNC(Cc1ccccn1)c1ccc(SC)cc1. The highest BCUT2D eigenvalue weighted by Crippen LogP contribution is 2.21. The van der Waals surface area contributed by atoms with Crippen molar-refractivity contribution in [3.63, 3.8) is 0 Å². The second-order valence-corrected chi connectivity index (χ2v) is 5.68. The largest absolute Gasteiger partial charge is 0.310 e. The van der Waals surface area contributed by atoms with Gasteiger partial charge in [-0.05, 0) is 49.1 Å². The van der Waals surface area contributed by atoms with Crippen LogP contribution in [0, 0.1) is 0 Å². The van der Waals surface area contributed by atoms with E-state index in [2.05, 4.69) is 59.9 Å². The number of pyridine rings is 1. The third-order valence-electron chi connectivity index (χ3n) is 3.30. The molecule has 3 heteroatoms. The molecule has 1 atom stereocenters. The minimum absolute atomic E-state index is 0.334. The Balaban J connectivity index is 2.13. The van der Waals surface area contributed by atoms with E-state index >= 15 is 0 Å². The van der Waals surface area contributed by atoms with Gasteiger partial charge in [0.25, 0.3) is 0 Å². The Labute approximate surface area is 126 Å². The molecule has 2 nitrogen and oxygen atoms in total. The van der Waals surface area contributed by atoms with Gasteiger partial charge in [-0.25, -0.2) is 0 Å². The summed E-state index contributed by atoms with van der Waals surface area (Å²) in [7, 11) is 0. The van der Waals surface area contributed by atoms with Crippen molar-refractivity contribution in [1.82, 2.24) is 10.3 Å². The fourth-order valence-electron chi connectivity index (χ4n) is 2.19. The van der Waals surface area contributed by atoms with Crippen LogP contribution in [-0.4, -0.2) is 17.8 Å². The summed E-state index contributed by atoms with van der Waals surface area (Å²) in [5.74, 6) is 0. The topological polar surface area (TPSA) is 24.9 Å². The Bertz CT molecular complexity index is 496. The molecule has 0 radical (unpaired) electrons. The van der Waals surface area contributed by atoms with Crippen molar-refractivity contribution >= 4 is 11.8 Å². The zero-order valence-corrected chi connectivity index (χ0v) is 13.0. The van der Waals surface area contributed by atoms with Crippen LogP contribution < -0.4 is 5.32 Å². The molecule has 1 aromatic heterocycles. The van der Waals surface area contributed by atoms with Crippen molar-refractivity contribution in [2.24, 2.45) is 0 Å². The molecule has 0 saturated carbocycles. The number of nitrogens with one attached hydrogen (secondary N) is 1. The fraction of sp³-hybridized carbons (Fsp3) is 0.353. The van der Waals surface area contributed by atoms with Gasteiger partial charge in [0.15, 0.2) is 0 Å². The summed E-state index contributed by atoms with van der Waals surface area (Å²) in [6.45, 7) is 3.23. The first kappa shape index (κ1) is 15.1. The Morgan fingerprint density at radius 3 is 2.55 bits per heavy atom. The van der Waals surface area contributed by atoms with Crippen LogP contribution in [0.15, 0.2) is 53.6 Å². The number of thioether (sulfide) groups is 1. The highest BCUT2D eigenvalue weighted by Gasteiger charge is 2.12. The second kappa shape index (κ2) is 8.08. The van der Waals surface area contributed by atoms with Gasteiger partial charge in [0.05, 0.1) is 0 Å². The van der Waals surface area contributed by atoms with E-state index in [9.17, 15) is 0 Å². The van der Waals surface area contributed by atoms with Gasteiger partial charge in [-0.15, -0.1) is 11.8 Å². The van der Waals surface area contributed by atoms with Gasteiger partial charge in [-0.2, -0.15) is 0 Å². The Morgan fingerprint density at radius 2 is 1.95 bits per heavy atom. The first-order valence-corrected chi connectivity index (χ1v) is 8.33. The molecule has 1 aromatic carbocycles. The second-order valence-electron chi connectivity index (χ2n) is 4.81. The van der Waals surface area contributed by atoms with E-state index < -0.39 is 0 Å². The van der Waals surface area contributed by atoms with Gasteiger partial charge in [0.1, 0.15) is 0 Å². The maximum absolute atomic E-state index is 4.44. The predicted octanol–water partition coefficient (Wildman–Crippen LogP) is 4.09. The van der Waals surface area contributed by atoms with Crippen molar-refractivity contribution in [3.8, 4) is 0 Å². The van der Waals surface area contributed by atoms with Crippen LogP contribution in [0.2, 0.25) is 0 Å². The Morgan fingerprint density at radius 1 is 1.15 bits per heavy atom. The highest BCUT2D eigenvalue weighted by molar-refractivity contribution is 7.98. The van der Waals surface area contributed by atoms with Crippen LogP contribution in [0.25, 0.3) is 0 Å². The minimum Gasteiger partial charge on any atom is -0.310 e. The van der Waals surface area contributed by atoms with Crippen LogP contribution in [0.3, 0.4) is 0 Å². The molecule has 1 heterocycles. The molecular weight excluding hydrogens is 264 g/mol. The molecule has 106 valence electrons. The lowest BCUT2D eigenvalue weighted by atomic mass is 10.0. The predicted molar refractivity (Wildman–Crippen MR) is 87.2 cm³/mol. The van der Waals surface area contributed by atoms with Crippen LogP contribution >= 0.6 is 11.8 Å². The monoisotopic (exact) mass is 286 g/mol. The van der Waals surface area contributed by atoms with Crippen molar-refractivity contribution < 1.29 is 0 Å². The normalized spacial score (nSPS) is 12.3. The molecule has 1 unspecified atom stereocenters. The summed E-state index contributed by atoms with van der Waals surface area (Å²) in [5, 5.41) is 3.62. The van der Waals surface area contributed by atoms with E-state index in [-0.39, 0.29) is 0 Å². The third-order valence-corrected chi connectivity index (χ3v) is 4.04. The van der Waals surface area contributed by atoms with Gasteiger partial charge in [0.2, 0.25) is 0 Å². The molecule has 20 heavy (non-hydrogen) atoms. The van der Waals surface area contributed by atoms with Gasteiger partial charge < -0.3 is 5.32 Å². The summed E-state index contributed by atoms with van der Waals surface area (Å²) in [6.07, 6.45) is 6.04. The van der Waals surface area contributed by atoms with E-state index in [1.54, 1.807) is 11.8 Å². The summed E-state index contributed by atoms with van der Waals surface area (Å²) in [6, 6.07) is 15.3. The first-order valence-electron chi connectivity index (χ1n) is 7.10. The third kappa shape index (κ3) is 4.36. The van der Waals surface area contributed by atoms with E-state index in [0.717, 1.165) is 25.1 Å².